The van der Waals surface area contributed by atoms with Gasteiger partial charge in [0.15, 0.2) is 0 Å². The lowest BCUT2D eigenvalue weighted by Crippen LogP contribution is -2.39. The molecule has 0 radical (unpaired) electrons. The van der Waals surface area contributed by atoms with Crippen LogP contribution in [0.1, 0.15) is 30.5 Å². The summed E-state index contributed by atoms with van der Waals surface area (Å²) in [7, 11) is 1.65. The summed E-state index contributed by atoms with van der Waals surface area (Å²) >= 11 is 0. The zero-order chi connectivity index (χ0) is 17.7. The summed E-state index contributed by atoms with van der Waals surface area (Å²) in [5, 5.41) is 5.89. The lowest BCUT2D eigenvalue weighted by atomic mass is 9.84. The number of methoxy groups -OCH3 is 1. The van der Waals surface area contributed by atoms with Gasteiger partial charge in [0.2, 0.25) is 0 Å². The number of hydrogen-bond donors (Lipinski definition) is 2. The summed E-state index contributed by atoms with van der Waals surface area (Å²) in [6.45, 7) is 8.74. The van der Waals surface area contributed by atoms with Gasteiger partial charge in [0.25, 0.3) is 0 Å². The highest BCUT2D eigenvalue weighted by Crippen LogP contribution is 2.24. The first kappa shape index (κ1) is 17.9. The standard InChI is InChI=1S/C20H26N2O2/c1-14-6-7-15(2)18(12-14)22-19(23)21-13-20(3,4)16-8-10-17(24-5)11-9-16/h6-12H,13H2,1-5H3,(H2,21,22,23). The minimum absolute atomic E-state index is 0.175. The number of carbonyl (C=O) groups excluding carboxylic acids is 1. The molecule has 0 bridgehead atoms. The van der Waals surface area contributed by atoms with Crippen LogP contribution in [0, 0.1) is 13.8 Å². The molecular formula is C20H26N2O2. The summed E-state index contributed by atoms with van der Waals surface area (Å²) in [6, 6.07) is 13.8. The Bertz CT molecular complexity index is 706. The Morgan fingerprint density at radius 3 is 2.38 bits per heavy atom. The number of ether oxygens (including phenoxy) is 1. The molecule has 0 aliphatic heterocycles. The van der Waals surface area contributed by atoms with Crippen LogP contribution in [0.15, 0.2) is 42.5 Å². The molecule has 2 N–H and O–H groups in total. The van der Waals surface area contributed by atoms with Crippen LogP contribution in [0.3, 0.4) is 0 Å². The molecule has 24 heavy (non-hydrogen) atoms. The van der Waals surface area contributed by atoms with Crippen LogP contribution in [-0.2, 0) is 5.41 Å². The van der Waals surface area contributed by atoms with Crippen LogP contribution in [0.25, 0.3) is 0 Å². The van der Waals surface area contributed by atoms with Crippen LogP contribution < -0.4 is 15.4 Å². The molecule has 0 aliphatic carbocycles. The van der Waals surface area contributed by atoms with Gasteiger partial charge in [-0.15, -0.1) is 0 Å². The first-order chi connectivity index (χ1) is 11.3. The smallest absolute Gasteiger partial charge is 0.319 e. The van der Waals surface area contributed by atoms with Crippen LogP contribution in [0.4, 0.5) is 10.5 Å². The Morgan fingerprint density at radius 2 is 1.75 bits per heavy atom. The third kappa shape index (κ3) is 4.51. The summed E-state index contributed by atoms with van der Waals surface area (Å²) in [5.74, 6) is 0.829. The lowest BCUT2D eigenvalue weighted by Gasteiger charge is -2.26. The summed E-state index contributed by atoms with van der Waals surface area (Å²) < 4.78 is 5.19. The highest BCUT2D eigenvalue weighted by molar-refractivity contribution is 5.90. The number of nitrogens with one attached hydrogen (secondary N) is 2. The largest absolute Gasteiger partial charge is 0.497 e. The molecular weight excluding hydrogens is 300 g/mol. The highest BCUT2D eigenvalue weighted by Gasteiger charge is 2.21. The predicted molar refractivity (Wildman–Crippen MR) is 99.0 cm³/mol. The maximum absolute atomic E-state index is 12.2. The van der Waals surface area contributed by atoms with Gasteiger partial charge in [0, 0.05) is 17.6 Å². The van der Waals surface area contributed by atoms with Gasteiger partial charge in [-0.2, -0.15) is 0 Å². The number of hydrogen-bond acceptors (Lipinski definition) is 2. The molecule has 0 spiro atoms. The number of benzene rings is 2. The fourth-order valence-corrected chi connectivity index (χ4v) is 2.48. The Kier molecular flexibility index (Phi) is 5.50. The average molecular weight is 326 g/mol. The van der Waals surface area contributed by atoms with Crippen molar-refractivity contribution in [2.45, 2.75) is 33.1 Å². The third-order valence-electron chi connectivity index (χ3n) is 4.20. The van der Waals surface area contributed by atoms with Crippen LogP contribution >= 0.6 is 0 Å². The zero-order valence-corrected chi connectivity index (χ0v) is 15.1. The second kappa shape index (κ2) is 7.39. The van der Waals surface area contributed by atoms with Crippen molar-refractivity contribution in [1.82, 2.24) is 5.32 Å². The van der Waals surface area contributed by atoms with Crippen molar-refractivity contribution in [2.24, 2.45) is 0 Å². The van der Waals surface area contributed by atoms with E-state index in [4.69, 9.17) is 4.74 Å². The number of urea groups is 1. The van der Waals surface area contributed by atoms with Gasteiger partial charge in [0.1, 0.15) is 5.75 Å². The maximum Gasteiger partial charge on any atom is 0.319 e. The Balaban J connectivity index is 1.97. The number of amides is 2. The third-order valence-corrected chi connectivity index (χ3v) is 4.20. The van der Waals surface area contributed by atoms with Crippen molar-refractivity contribution < 1.29 is 9.53 Å². The van der Waals surface area contributed by atoms with Crippen molar-refractivity contribution in [3.63, 3.8) is 0 Å². The van der Waals surface area contributed by atoms with Crippen LogP contribution in [0.5, 0.6) is 5.75 Å². The molecule has 0 aliphatic rings. The molecule has 4 heteroatoms. The van der Waals surface area contributed by atoms with E-state index in [0.717, 1.165) is 28.1 Å². The molecule has 4 nitrogen and oxygen atoms in total. The quantitative estimate of drug-likeness (QED) is 0.855. The zero-order valence-electron chi connectivity index (χ0n) is 15.1. The molecule has 2 aromatic carbocycles. The fourth-order valence-electron chi connectivity index (χ4n) is 2.48. The molecule has 0 heterocycles. The van der Waals surface area contributed by atoms with Gasteiger partial charge < -0.3 is 15.4 Å². The van der Waals surface area contributed by atoms with Gasteiger partial charge in [-0.1, -0.05) is 38.1 Å². The summed E-state index contributed by atoms with van der Waals surface area (Å²) in [5.41, 5.74) is 3.98. The van der Waals surface area contributed by atoms with Gasteiger partial charge in [-0.25, -0.2) is 4.79 Å². The number of rotatable bonds is 5. The van der Waals surface area contributed by atoms with E-state index in [1.165, 1.54) is 0 Å². The van der Waals surface area contributed by atoms with E-state index in [0.29, 0.717) is 6.54 Å². The maximum atomic E-state index is 12.2. The Hall–Kier alpha value is -2.49. The topological polar surface area (TPSA) is 50.4 Å². The monoisotopic (exact) mass is 326 g/mol. The summed E-state index contributed by atoms with van der Waals surface area (Å²) in [6.07, 6.45) is 0. The molecule has 0 saturated carbocycles. The first-order valence-electron chi connectivity index (χ1n) is 8.08. The van der Waals surface area contributed by atoms with E-state index in [2.05, 4.69) is 24.5 Å². The number of aryl methyl sites for hydroxylation is 2. The lowest BCUT2D eigenvalue weighted by molar-refractivity contribution is 0.249. The minimum atomic E-state index is -0.190. The summed E-state index contributed by atoms with van der Waals surface area (Å²) in [4.78, 5) is 12.2. The van der Waals surface area contributed by atoms with Gasteiger partial charge >= 0.3 is 6.03 Å². The molecule has 2 rings (SSSR count). The molecule has 0 unspecified atom stereocenters. The van der Waals surface area contributed by atoms with E-state index in [1.807, 2.05) is 56.3 Å². The van der Waals surface area contributed by atoms with Crippen molar-refractivity contribution in [2.75, 3.05) is 19.0 Å². The van der Waals surface area contributed by atoms with Gasteiger partial charge in [-0.05, 0) is 48.7 Å². The molecule has 2 aromatic rings. The van der Waals surface area contributed by atoms with E-state index in [9.17, 15) is 4.79 Å². The Morgan fingerprint density at radius 1 is 1.08 bits per heavy atom. The number of anilines is 1. The molecule has 0 fully saturated rings. The SMILES string of the molecule is COc1ccc(C(C)(C)CNC(=O)Nc2cc(C)ccc2C)cc1. The average Bonchev–Trinajstić information content (AvgIpc) is 2.56. The van der Waals surface area contributed by atoms with Crippen LogP contribution in [0.2, 0.25) is 0 Å². The van der Waals surface area contributed by atoms with Gasteiger partial charge in [0.05, 0.1) is 7.11 Å². The molecule has 0 aromatic heterocycles. The fraction of sp³-hybridized carbons (Fsp3) is 0.350. The number of carbonyl (C=O) groups is 1. The van der Waals surface area contributed by atoms with Gasteiger partial charge in [-0.3, -0.25) is 0 Å². The molecule has 2 amide bonds. The van der Waals surface area contributed by atoms with E-state index < -0.39 is 0 Å². The minimum Gasteiger partial charge on any atom is -0.497 e. The van der Waals surface area contributed by atoms with Crippen molar-refractivity contribution in [1.29, 1.82) is 0 Å². The van der Waals surface area contributed by atoms with E-state index in [1.54, 1.807) is 7.11 Å². The molecule has 128 valence electrons. The van der Waals surface area contributed by atoms with Crippen molar-refractivity contribution >= 4 is 11.7 Å². The predicted octanol–water partition coefficient (Wildman–Crippen LogP) is 4.41. The van der Waals surface area contributed by atoms with Crippen molar-refractivity contribution in [3.8, 4) is 5.75 Å². The molecule has 0 atom stereocenters. The second-order valence-electron chi connectivity index (χ2n) is 6.74. The highest BCUT2D eigenvalue weighted by atomic mass is 16.5. The van der Waals surface area contributed by atoms with Crippen LogP contribution in [-0.4, -0.2) is 19.7 Å². The normalized spacial score (nSPS) is 11.0. The second-order valence-corrected chi connectivity index (χ2v) is 6.74. The van der Waals surface area contributed by atoms with E-state index >= 15 is 0 Å². The molecule has 0 saturated heterocycles. The van der Waals surface area contributed by atoms with Crippen molar-refractivity contribution in [3.05, 3.63) is 59.2 Å². The Labute approximate surface area is 144 Å². The van der Waals surface area contributed by atoms with E-state index in [-0.39, 0.29) is 11.4 Å². The first-order valence-corrected chi connectivity index (χ1v) is 8.08.